The number of aromatic nitrogens is 2. The van der Waals surface area contributed by atoms with Crippen molar-refractivity contribution in [2.75, 3.05) is 6.61 Å². The van der Waals surface area contributed by atoms with E-state index in [1.165, 1.54) is 6.92 Å². The van der Waals surface area contributed by atoms with Gasteiger partial charge in [-0.15, -0.1) is 0 Å². The Bertz CT molecular complexity index is 706. The maximum atomic E-state index is 11.9. The van der Waals surface area contributed by atoms with Gasteiger partial charge in [-0.1, -0.05) is 0 Å². The largest absolute Gasteiger partial charge is 0.394 e. The van der Waals surface area contributed by atoms with Crippen molar-refractivity contribution in [3.8, 4) is 0 Å². The van der Waals surface area contributed by atoms with Crippen LogP contribution in [-0.4, -0.2) is 48.4 Å². The first kappa shape index (κ1) is 16.1. The summed E-state index contributed by atoms with van der Waals surface area (Å²) >= 11 is 0. The molecule has 2 rings (SSSR count). The Kier molecular flexibility index (Phi) is 3.96. The minimum atomic E-state index is -5.07. The van der Waals surface area contributed by atoms with Crippen LogP contribution in [0.25, 0.3) is 0 Å². The number of rotatable bonds is 3. The fourth-order valence-corrected chi connectivity index (χ4v) is 3.37. The maximum Gasteiger partial charge on any atom is 0.378 e. The molecular weight excluding hydrogens is 307 g/mol. The highest BCUT2D eigenvalue weighted by Gasteiger charge is 2.59. The third-order valence-electron chi connectivity index (χ3n) is 3.38. The molecular formula is C10H15N2O8P. The van der Waals surface area contributed by atoms with Crippen molar-refractivity contribution in [2.45, 2.75) is 31.0 Å². The van der Waals surface area contributed by atoms with E-state index in [-0.39, 0.29) is 5.56 Å². The van der Waals surface area contributed by atoms with Crippen LogP contribution >= 0.6 is 7.60 Å². The number of nitrogens with one attached hydrogen (secondary N) is 1. The van der Waals surface area contributed by atoms with Gasteiger partial charge in [0.25, 0.3) is 11.0 Å². The first-order chi connectivity index (χ1) is 9.62. The molecule has 0 saturated carbocycles. The third-order valence-corrected chi connectivity index (χ3v) is 4.79. The summed E-state index contributed by atoms with van der Waals surface area (Å²) in [4.78, 5) is 44.3. The number of aliphatic hydroxyl groups is 2. The second-order valence-electron chi connectivity index (χ2n) is 4.84. The number of nitrogens with zero attached hydrogens (tertiary/aromatic N) is 1. The van der Waals surface area contributed by atoms with E-state index in [1.807, 2.05) is 4.98 Å². The number of hydrogen-bond donors (Lipinski definition) is 5. The van der Waals surface area contributed by atoms with Crippen LogP contribution in [0, 0.1) is 6.92 Å². The van der Waals surface area contributed by atoms with Gasteiger partial charge in [-0.05, 0) is 6.92 Å². The zero-order valence-electron chi connectivity index (χ0n) is 11.0. The molecule has 11 heteroatoms. The zero-order chi connectivity index (χ0) is 16.0. The number of aryl methyl sites for hydroxylation is 1. The maximum absolute atomic E-state index is 11.9. The van der Waals surface area contributed by atoms with E-state index >= 15 is 0 Å². The Morgan fingerprint density at radius 1 is 1.52 bits per heavy atom. The van der Waals surface area contributed by atoms with Gasteiger partial charge in [-0.3, -0.25) is 18.9 Å². The molecule has 1 fully saturated rings. The molecule has 0 aromatic carbocycles. The number of aromatic amines is 1. The number of ether oxygens (including phenoxy) is 1. The van der Waals surface area contributed by atoms with Crippen LogP contribution in [-0.2, 0) is 14.8 Å². The average molecular weight is 322 g/mol. The van der Waals surface area contributed by atoms with Crippen LogP contribution in [0.5, 0.6) is 0 Å². The summed E-state index contributed by atoms with van der Waals surface area (Å²) in [5, 5.41) is 18.8. The lowest BCUT2D eigenvalue weighted by Gasteiger charge is -2.31. The molecule has 10 nitrogen and oxygen atoms in total. The Hall–Kier alpha value is -1.29. The van der Waals surface area contributed by atoms with Crippen molar-refractivity contribution in [3.63, 3.8) is 0 Å². The molecule has 2 heterocycles. The van der Waals surface area contributed by atoms with E-state index in [4.69, 9.17) is 9.84 Å². The standard InChI is InChI=1S/C10H15N2O8P/c1-5-3-12(9(16)11-8(5)15)10(21(17,18)19)2-6(14)7(4-13)20-10/h3,6-7,13-14H,2,4H2,1H3,(H,11,15,16)(H2,17,18,19)/t6-,7+,10-/m0/s1. The third kappa shape index (κ3) is 2.50. The van der Waals surface area contributed by atoms with Gasteiger partial charge in [-0.2, -0.15) is 0 Å². The summed E-state index contributed by atoms with van der Waals surface area (Å²) in [6.07, 6.45) is -2.28. The van der Waals surface area contributed by atoms with Gasteiger partial charge >= 0.3 is 13.3 Å². The van der Waals surface area contributed by atoms with Crippen LogP contribution in [0.4, 0.5) is 0 Å². The quantitative estimate of drug-likeness (QED) is 0.391. The number of hydrogen-bond acceptors (Lipinski definition) is 6. The van der Waals surface area contributed by atoms with Crippen LogP contribution < -0.4 is 11.2 Å². The molecule has 0 unspecified atom stereocenters. The molecule has 1 saturated heterocycles. The fourth-order valence-electron chi connectivity index (χ4n) is 2.24. The fraction of sp³-hybridized carbons (Fsp3) is 0.600. The van der Waals surface area contributed by atoms with Crippen LogP contribution in [0.2, 0.25) is 0 Å². The van der Waals surface area contributed by atoms with Gasteiger partial charge in [0, 0.05) is 18.2 Å². The average Bonchev–Trinajstić information content (AvgIpc) is 2.71. The number of aliphatic hydroxyl groups excluding tert-OH is 2. The first-order valence-electron chi connectivity index (χ1n) is 5.98. The minimum absolute atomic E-state index is 0.0352. The van der Waals surface area contributed by atoms with E-state index in [1.54, 1.807) is 0 Å². The van der Waals surface area contributed by atoms with E-state index in [0.717, 1.165) is 6.20 Å². The molecule has 0 bridgehead atoms. The van der Waals surface area contributed by atoms with E-state index < -0.39 is 49.5 Å². The Balaban J connectivity index is 2.70. The highest BCUT2D eigenvalue weighted by molar-refractivity contribution is 7.52. The smallest absolute Gasteiger partial charge is 0.378 e. The molecule has 0 radical (unpaired) electrons. The van der Waals surface area contributed by atoms with Crippen LogP contribution in [0.3, 0.4) is 0 Å². The van der Waals surface area contributed by atoms with Gasteiger partial charge in [0.05, 0.1) is 12.7 Å². The van der Waals surface area contributed by atoms with Crippen molar-refractivity contribution >= 4 is 7.60 Å². The molecule has 1 aromatic rings. The predicted octanol–water partition coefficient (Wildman–Crippen LogP) is -2.22. The summed E-state index contributed by atoms with van der Waals surface area (Å²) in [7, 11) is -5.07. The van der Waals surface area contributed by atoms with Gasteiger partial charge in [0.2, 0.25) is 0 Å². The Morgan fingerprint density at radius 3 is 2.62 bits per heavy atom. The predicted molar refractivity (Wildman–Crippen MR) is 68.7 cm³/mol. The molecule has 1 aromatic heterocycles. The summed E-state index contributed by atoms with van der Waals surface area (Å²) in [6, 6.07) is 0. The molecule has 0 spiro atoms. The topological polar surface area (TPSA) is 162 Å². The Labute approximate surface area is 117 Å². The van der Waals surface area contributed by atoms with E-state index in [0.29, 0.717) is 4.57 Å². The highest BCUT2D eigenvalue weighted by Crippen LogP contribution is 2.60. The lowest BCUT2D eigenvalue weighted by molar-refractivity contribution is -0.0809. The van der Waals surface area contributed by atoms with Crippen molar-refractivity contribution in [2.24, 2.45) is 0 Å². The summed E-state index contributed by atoms with van der Waals surface area (Å²) in [5.74, 6) is 0. The summed E-state index contributed by atoms with van der Waals surface area (Å²) in [6.45, 7) is 0.664. The second kappa shape index (κ2) is 5.16. The molecule has 0 aliphatic carbocycles. The van der Waals surface area contributed by atoms with Crippen molar-refractivity contribution in [1.29, 1.82) is 0 Å². The Morgan fingerprint density at radius 2 is 2.14 bits per heavy atom. The van der Waals surface area contributed by atoms with E-state index in [9.17, 15) is 29.0 Å². The minimum Gasteiger partial charge on any atom is -0.394 e. The molecule has 0 amide bonds. The van der Waals surface area contributed by atoms with Crippen LogP contribution in [0.1, 0.15) is 12.0 Å². The zero-order valence-corrected chi connectivity index (χ0v) is 11.9. The lowest BCUT2D eigenvalue weighted by Crippen LogP contribution is -2.44. The molecule has 118 valence electrons. The lowest BCUT2D eigenvalue weighted by atomic mass is 10.2. The number of H-pyrrole nitrogens is 1. The molecule has 1 aliphatic rings. The highest BCUT2D eigenvalue weighted by atomic mass is 31.2. The summed E-state index contributed by atoms with van der Waals surface area (Å²) in [5.41, 5.74) is -4.21. The SMILES string of the molecule is Cc1cn([C@@]2(P(=O)(O)O)C[C@H](O)[C@@H](CO)O2)c(=O)[nH]c1=O. The van der Waals surface area contributed by atoms with Crippen molar-refractivity contribution in [1.82, 2.24) is 9.55 Å². The van der Waals surface area contributed by atoms with Gasteiger partial charge in [0.1, 0.15) is 6.10 Å². The van der Waals surface area contributed by atoms with Crippen molar-refractivity contribution in [3.05, 3.63) is 32.6 Å². The van der Waals surface area contributed by atoms with Crippen molar-refractivity contribution < 1.29 is 29.3 Å². The molecule has 3 atom stereocenters. The van der Waals surface area contributed by atoms with Gasteiger partial charge < -0.3 is 24.7 Å². The monoisotopic (exact) mass is 322 g/mol. The van der Waals surface area contributed by atoms with Crippen LogP contribution in [0.15, 0.2) is 15.8 Å². The second-order valence-corrected chi connectivity index (χ2v) is 6.63. The normalized spacial score (nSPS) is 29.8. The molecule has 5 N–H and O–H groups in total. The first-order valence-corrected chi connectivity index (χ1v) is 7.59. The molecule has 21 heavy (non-hydrogen) atoms. The van der Waals surface area contributed by atoms with E-state index in [2.05, 4.69) is 0 Å². The van der Waals surface area contributed by atoms with Gasteiger partial charge in [-0.25, -0.2) is 4.79 Å². The molecule has 1 aliphatic heterocycles. The summed E-state index contributed by atoms with van der Waals surface area (Å²) < 4.78 is 17.5. The van der Waals surface area contributed by atoms with Gasteiger partial charge in [0.15, 0.2) is 0 Å².